The van der Waals surface area contributed by atoms with Crippen LogP contribution < -0.4 is 4.90 Å². The average molecular weight is 269 g/mol. The summed E-state index contributed by atoms with van der Waals surface area (Å²) in [5.74, 6) is -3.77. The van der Waals surface area contributed by atoms with Gasteiger partial charge in [-0.2, -0.15) is 0 Å². The molecule has 0 aliphatic heterocycles. The number of carboxylic acids is 1. The van der Waals surface area contributed by atoms with Crippen molar-refractivity contribution < 1.29 is 18.7 Å². The van der Waals surface area contributed by atoms with Gasteiger partial charge in [0.15, 0.2) is 11.6 Å². The van der Waals surface area contributed by atoms with Crippen molar-refractivity contribution in [3.05, 3.63) is 29.3 Å². The number of carboxylic acid groups (broad SMARTS) is 1. The summed E-state index contributed by atoms with van der Waals surface area (Å²) in [4.78, 5) is 12.6. The standard InChI is InChI=1S/C14H17F2NO2/c1-2-3-8-17(9-4-5-9)11-7-6-10(14(18)19)12(15)13(11)16/h6-7,9H,2-5,8H2,1H3,(H,18,19). The van der Waals surface area contributed by atoms with Gasteiger partial charge in [0.1, 0.15) is 0 Å². The van der Waals surface area contributed by atoms with E-state index >= 15 is 0 Å². The number of rotatable bonds is 6. The summed E-state index contributed by atoms with van der Waals surface area (Å²) < 4.78 is 27.7. The van der Waals surface area contributed by atoms with Crippen LogP contribution in [0.15, 0.2) is 12.1 Å². The van der Waals surface area contributed by atoms with Gasteiger partial charge >= 0.3 is 5.97 Å². The minimum absolute atomic E-state index is 0.179. The Morgan fingerprint density at radius 3 is 2.58 bits per heavy atom. The zero-order valence-corrected chi connectivity index (χ0v) is 10.8. The predicted octanol–water partition coefficient (Wildman–Crippen LogP) is 3.43. The van der Waals surface area contributed by atoms with Crippen LogP contribution >= 0.6 is 0 Å². The van der Waals surface area contributed by atoms with Crippen molar-refractivity contribution in [2.45, 2.75) is 38.6 Å². The predicted molar refractivity (Wildman–Crippen MR) is 68.6 cm³/mol. The molecule has 1 fully saturated rings. The summed E-state index contributed by atoms with van der Waals surface area (Å²) in [6, 6.07) is 2.77. The molecule has 0 aromatic heterocycles. The van der Waals surface area contributed by atoms with E-state index in [-0.39, 0.29) is 11.7 Å². The molecule has 1 N–H and O–H groups in total. The van der Waals surface area contributed by atoms with E-state index in [9.17, 15) is 13.6 Å². The van der Waals surface area contributed by atoms with Gasteiger partial charge in [0.25, 0.3) is 0 Å². The summed E-state index contributed by atoms with van der Waals surface area (Å²) >= 11 is 0. The molecule has 1 saturated carbocycles. The Bertz CT molecular complexity index is 487. The fourth-order valence-corrected chi connectivity index (χ4v) is 2.14. The first kappa shape index (κ1) is 13.8. The third kappa shape index (κ3) is 2.85. The van der Waals surface area contributed by atoms with Gasteiger partial charge in [0, 0.05) is 12.6 Å². The van der Waals surface area contributed by atoms with E-state index in [0.717, 1.165) is 31.7 Å². The molecule has 1 aromatic rings. The quantitative estimate of drug-likeness (QED) is 0.860. The molecule has 1 aromatic carbocycles. The third-order valence-corrected chi connectivity index (χ3v) is 3.34. The number of unbranched alkanes of at least 4 members (excludes halogenated alkanes) is 1. The fraction of sp³-hybridized carbons (Fsp3) is 0.500. The van der Waals surface area contributed by atoms with Crippen molar-refractivity contribution in [2.75, 3.05) is 11.4 Å². The maximum absolute atomic E-state index is 14.0. The Balaban J connectivity index is 2.32. The van der Waals surface area contributed by atoms with Gasteiger partial charge in [-0.05, 0) is 31.4 Å². The van der Waals surface area contributed by atoms with E-state index in [1.165, 1.54) is 6.07 Å². The highest BCUT2D eigenvalue weighted by molar-refractivity contribution is 5.88. The van der Waals surface area contributed by atoms with Gasteiger partial charge in [-0.25, -0.2) is 13.6 Å². The highest BCUT2D eigenvalue weighted by atomic mass is 19.2. The lowest BCUT2D eigenvalue weighted by atomic mass is 10.1. The molecule has 0 atom stereocenters. The van der Waals surface area contributed by atoms with Crippen LogP contribution in [-0.2, 0) is 0 Å². The van der Waals surface area contributed by atoms with Gasteiger partial charge in [-0.15, -0.1) is 0 Å². The van der Waals surface area contributed by atoms with Gasteiger partial charge in [0.2, 0.25) is 0 Å². The second-order valence-electron chi connectivity index (χ2n) is 4.84. The van der Waals surface area contributed by atoms with E-state index in [0.29, 0.717) is 6.54 Å². The molecule has 1 aliphatic carbocycles. The molecule has 2 rings (SSSR count). The van der Waals surface area contributed by atoms with Crippen LogP contribution in [0.3, 0.4) is 0 Å². The highest BCUT2D eigenvalue weighted by Gasteiger charge is 2.31. The van der Waals surface area contributed by atoms with Crippen LogP contribution in [0.2, 0.25) is 0 Å². The number of anilines is 1. The number of benzene rings is 1. The number of hydrogen-bond donors (Lipinski definition) is 1. The van der Waals surface area contributed by atoms with Crippen LogP contribution in [-0.4, -0.2) is 23.7 Å². The summed E-state index contributed by atoms with van der Waals surface area (Å²) in [5, 5.41) is 8.76. The Hall–Kier alpha value is -1.65. The Labute approximate surface area is 110 Å². The molecule has 0 amide bonds. The largest absolute Gasteiger partial charge is 0.478 e. The van der Waals surface area contributed by atoms with Crippen molar-refractivity contribution >= 4 is 11.7 Å². The Kier molecular flexibility index (Phi) is 4.02. The van der Waals surface area contributed by atoms with E-state index in [1.807, 2.05) is 11.8 Å². The van der Waals surface area contributed by atoms with E-state index in [2.05, 4.69) is 0 Å². The van der Waals surface area contributed by atoms with Gasteiger partial charge in [-0.1, -0.05) is 13.3 Å². The molecule has 0 radical (unpaired) electrons. The molecule has 104 valence electrons. The summed E-state index contributed by atoms with van der Waals surface area (Å²) in [6.45, 7) is 2.71. The normalized spacial score (nSPS) is 14.5. The summed E-state index contributed by atoms with van der Waals surface area (Å²) in [7, 11) is 0. The van der Waals surface area contributed by atoms with Crippen LogP contribution in [0.1, 0.15) is 43.0 Å². The van der Waals surface area contributed by atoms with Crippen LogP contribution in [0.5, 0.6) is 0 Å². The van der Waals surface area contributed by atoms with Crippen molar-refractivity contribution in [2.24, 2.45) is 0 Å². The molecular formula is C14H17F2NO2. The van der Waals surface area contributed by atoms with Crippen LogP contribution in [0.4, 0.5) is 14.5 Å². The second kappa shape index (κ2) is 5.55. The number of aromatic carboxylic acids is 1. The number of carbonyl (C=O) groups is 1. The lowest BCUT2D eigenvalue weighted by molar-refractivity contribution is 0.0690. The van der Waals surface area contributed by atoms with Crippen molar-refractivity contribution in [3.63, 3.8) is 0 Å². The topological polar surface area (TPSA) is 40.5 Å². The second-order valence-corrected chi connectivity index (χ2v) is 4.84. The first-order valence-electron chi connectivity index (χ1n) is 6.54. The first-order chi connectivity index (χ1) is 9.06. The smallest absolute Gasteiger partial charge is 0.338 e. The number of hydrogen-bond acceptors (Lipinski definition) is 2. The molecule has 0 spiro atoms. The third-order valence-electron chi connectivity index (χ3n) is 3.34. The van der Waals surface area contributed by atoms with Crippen molar-refractivity contribution in [1.29, 1.82) is 0 Å². The maximum atomic E-state index is 14.0. The fourth-order valence-electron chi connectivity index (χ4n) is 2.14. The molecule has 5 heteroatoms. The lowest BCUT2D eigenvalue weighted by Crippen LogP contribution is -2.28. The molecule has 0 bridgehead atoms. The molecule has 0 saturated heterocycles. The molecular weight excluding hydrogens is 252 g/mol. The molecule has 0 heterocycles. The zero-order valence-electron chi connectivity index (χ0n) is 10.8. The average Bonchev–Trinajstić information content (AvgIpc) is 3.18. The van der Waals surface area contributed by atoms with E-state index in [4.69, 9.17) is 5.11 Å². The van der Waals surface area contributed by atoms with Gasteiger partial charge < -0.3 is 10.0 Å². The lowest BCUT2D eigenvalue weighted by Gasteiger charge is -2.25. The zero-order chi connectivity index (χ0) is 14.0. The summed E-state index contributed by atoms with van der Waals surface area (Å²) in [5.41, 5.74) is -0.439. The minimum atomic E-state index is -1.45. The molecule has 0 unspecified atom stereocenters. The number of halogens is 2. The first-order valence-corrected chi connectivity index (χ1v) is 6.54. The molecule has 3 nitrogen and oxygen atoms in total. The monoisotopic (exact) mass is 269 g/mol. The minimum Gasteiger partial charge on any atom is -0.478 e. The van der Waals surface area contributed by atoms with Crippen molar-refractivity contribution in [3.8, 4) is 0 Å². The summed E-state index contributed by atoms with van der Waals surface area (Å²) in [6.07, 6.45) is 3.83. The van der Waals surface area contributed by atoms with Gasteiger partial charge in [-0.3, -0.25) is 0 Å². The van der Waals surface area contributed by atoms with E-state index in [1.54, 1.807) is 0 Å². The van der Waals surface area contributed by atoms with Crippen molar-refractivity contribution in [1.82, 2.24) is 0 Å². The number of nitrogens with zero attached hydrogens (tertiary/aromatic N) is 1. The molecule has 19 heavy (non-hydrogen) atoms. The Morgan fingerprint density at radius 1 is 1.37 bits per heavy atom. The van der Waals surface area contributed by atoms with Crippen LogP contribution in [0, 0.1) is 11.6 Å². The van der Waals surface area contributed by atoms with E-state index < -0.39 is 23.2 Å². The maximum Gasteiger partial charge on any atom is 0.338 e. The highest BCUT2D eigenvalue weighted by Crippen LogP contribution is 2.34. The van der Waals surface area contributed by atoms with Gasteiger partial charge in [0.05, 0.1) is 11.3 Å². The molecule has 1 aliphatic rings. The van der Waals surface area contributed by atoms with Crippen LogP contribution in [0.25, 0.3) is 0 Å². The Morgan fingerprint density at radius 2 is 2.05 bits per heavy atom. The SMILES string of the molecule is CCCCN(c1ccc(C(=O)O)c(F)c1F)C1CC1.